The molecule has 1 aromatic carbocycles. The third-order valence-corrected chi connectivity index (χ3v) is 2.52. The largest absolute Gasteiger partial charge is 0.423 e. The van der Waals surface area contributed by atoms with E-state index in [4.69, 9.17) is 4.42 Å². The minimum absolute atomic E-state index is 0.0283. The van der Waals surface area contributed by atoms with Gasteiger partial charge in [-0.15, -0.1) is 0 Å². The van der Waals surface area contributed by atoms with E-state index in [1.165, 1.54) is 24.3 Å². The fourth-order valence-electron chi connectivity index (χ4n) is 1.64. The summed E-state index contributed by atoms with van der Waals surface area (Å²) in [6.45, 7) is 0. The topological polar surface area (TPSA) is 76.6 Å². The Kier molecular flexibility index (Phi) is 3.33. The standard InChI is InChI=1S/C13H12N2O4/c1-14(2)6-5-9-8-12-10(3-4-13(16)19-12)7-11(9)15(17)18/h3-8H,1-2H3. The third-order valence-electron chi connectivity index (χ3n) is 2.52. The smallest absolute Gasteiger partial charge is 0.336 e. The van der Waals surface area contributed by atoms with Gasteiger partial charge in [-0.05, 0) is 24.4 Å². The Labute approximate surface area is 108 Å². The van der Waals surface area contributed by atoms with Crippen LogP contribution in [-0.4, -0.2) is 23.9 Å². The van der Waals surface area contributed by atoms with E-state index in [0.29, 0.717) is 16.5 Å². The lowest BCUT2D eigenvalue weighted by Crippen LogP contribution is -2.01. The van der Waals surface area contributed by atoms with Crippen LogP contribution in [0.25, 0.3) is 17.0 Å². The minimum atomic E-state index is -0.483. The number of benzene rings is 1. The molecule has 0 saturated carbocycles. The molecule has 0 unspecified atom stereocenters. The molecule has 0 spiro atoms. The molecule has 0 atom stereocenters. The van der Waals surface area contributed by atoms with Crippen molar-refractivity contribution >= 4 is 22.7 Å². The zero-order valence-corrected chi connectivity index (χ0v) is 10.5. The maximum absolute atomic E-state index is 11.2. The van der Waals surface area contributed by atoms with Crippen LogP contribution in [0.15, 0.2) is 39.7 Å². The molecule has 0 saturated heterocycles. The van der Waals surface area contributed by atoms with Gasteiger partial charge in [0.2, 0.25) is 0 Å². The third kappa shape index (κ3) is 2.79. The number of hydrogen-bond acceptors (Lipinski definition) is 5. The van der Waals surface area contributed by atoms with Crippen LogP contribution in [0.1, 0.15) is 5.56 Å². The first-order valence-corrected chi connectivity index (χ1v) is 5.54. The lowest BCUT2D eigenvalue weighted by Gasteiger charge is -2.04. The summed E-state index contributed by atoms with van der Waals surface area (Å²) in [4.78, 5) is 23.5. The lowest BCUT2D eigenvalue weighted by molar-refractivity contribution is -0.385. The maximum Gasteiger partial charge on any atom is 0.336 e. The van der Waals surface area contributed by atoms with E-state index in [0.717, 1.165) is 0 Å². The first-order chi connectivity index (χ1) is 8.97. The predicted molar refractivity (Wildman–Crippen MR) is 71.9 cm³/mol. The Morgan fingerprint density at radius 1 is 1.32 bits per heavy atom. The molecular formula is C13H12N2O4. The molecule has 6 nitrogen and oxygen atoms in total. The number of fused-ring (bicyclic) bond motifs is 1. The summed E-state index contributed by atoms with van der Waals surface area (Å²) in [6, 6.07) is 5.64. The molecule has 98 valence electrons. The van der Waals surface area contributed by atoms with Crippen molar-refractivity contribution in [1.29, 1.82) is 0 Å². The molecule has 2 rings (SSSR count). The Balaban J connectivity index is 2.68. The summed E-state index contributed by atoms with van der Waals surface area (Å²) in [7, 11) is 3.62. The van der Waals surface area contributed by atoms with Gasteiger partial charge in [0.1, 0.15) is 5.58 Å². The van der Waals surface area contributed by atoms with Crippen LogP contribution in [0.5, 0.6) is 0 Å². The molecule has 19 heavy (non-hydrogen) atoms. The van der Waals surface area contributed by atoms with Gasteiger partial charge in [-0.3, -0.25) is 10.1 Å². The molecule has 0 bridgehead atoms. The van der Waals surface area contributed by atoms with Gasteiger partial charge in [0.15, 0.2) is 0 Å². The molecule has 6 heteroatoms. The number of nitrogens with zero attached hydrogens (tertiary/aromatic N) is 2. The van der Waals surface area contributed by atoms with Crippen molar-refractivity contribution in [1.82, 2.24) is 4.90 Å². The number of hydrogen-bond donors (Lipinski definition) is 0. The van der Waals surface area contributed by atoms with Crippen LogP contribution >= 0.6 is 0 Å². The fraction of sp³-hybridized carbons (Fsp3) is 0.154. The van der Waals surface area contributed by atoms with Crippen molar-refractivity contribution in [2.45, 2.75) is 0 Å². The molecule has 0 aliphatic heterocycles. The molecule has 0 radical (unpaired) electrons. The molecule has 0 amide bonds. The van der Waals surface area contributed by atoms with Crippen LogP contribution in [0.4, 0.5) is 5.69 Å². The zero-order chi connectivity index (χ0) is 14.0. The van der Waals surface area contributed by atoms with E-state index in [1.807, 2.05) is 14.1 Å². The van der Waals surface area contributed by atoms with E-state index < -0.39 is 10.5 Å². The SMILES string of the molecule is CN(C)C=Cc1cc2oc(=O)ccc2cc1[N+](=O)[O-]. The Morgan fingerprint density at radius 3 is 2.68 bits per heavy atom. The van der Waals surface area contributed by atoms with Gasteiger partial charge in [-0.25, -0.2) is 4.79 Å². The Bertz CT molecular complexity index is 716. The average molecular weight is 260 g/mol. The molecule has 1 heterocycles. The van der Waals surface area contributed by atoms with Crippen LogP contribution in [-0.2, 0) is 0 Å². The second-order valence-corrected chi connectivity index (χ2v) is 4.24. The first kappa shape index (κ1) is 12.8. The highest BCUT2D eigenvalue weighted by molar-refractivity contribution is 5.83. The van der Waals surface area contributed by atoms with Crippen LogP contribution in [0, 0.1) is 10.1 Å². The molecule has 0 fully saturated rings. The lowest BCUT2D eigenvalue weighted by atomic mass is 10.1. The van der Waals surface area contributed by atoms with Gasteiger partial charge in [0, 0.05) is 31.6 Å². The van der Waals surface area contributed by atoms with Crippen molar-refractivity contribution in [3.8, 4) is 0 Å². The normalized spacial score (nSPS) is 11.1. The van der Waals surface area contributed by atoms with Crippen molar-refractivity contribution in [3.05, 3.63) is 56.6 Å². The van der Waals surface area contributed by atoms with Gasteiger partial charge in [-0.1, -0.05) is 0 Å². The second-order valence-electron chi connectivity index (χ2n) is 4.24. The van der Waals surface area contributed by atoms with Gasteiger partial charge in [-0.2, -0.15) is 0 Å². The van der Waals surface area contributed by atoms with Gasteiger partial charge >= 0.3 is 5.63 Å². The van der Waals surface area contributed by atoms with Gasteiger partial charge in [0.05, 0.1) is 10.5 Å². The second kappa shape index (κ2) is 4.93. The maximum atomic E-state index is 11.2. The highest BCUT2D eigenvalue weighted by Gasteiger charge is 2.14. The van der Waals surface area contributed by atoms with E-state index in [2.05, 4.69) is 0 Å². The Hall–Kier alpha value is -2.63. The zero-order valence-electron chi connectivity index (χ0n) is 10.5. The minimum Gasteiger partial charge on any atom is -0.423 e. The van der Waals surface area contributed by atoms with Crippen molar-refractivity contribution in [2.75, 3.05) is 14.1 Å². The molecule has 0 aliphatic carbocycles. The quantitative estimate of drug-likeness (QED) is 0.480. The van der Waals surface area contributed by atoms with Gasteiger partial charge < -0.3 is 9.32 Å². The molecular weight excluding hydrogens is 248 g/mol. The molecule has 1 aromatic heterocycles. The summed E-state index contributed by atoms with van der Waals surface area (Å²) < 4.78 is 5.02. The average Bonchev–Trinajstić information content (AvgIpc) is 2.34. The summed E-state index contributed by atoms with van der Waals surface area (Å²) in [5.41, 5.74) is 0.209. The van der Waals surface area contributed by atoms with E-state index >= 15 is 0 Å². The van der Waals surface area contributed by atoms with E-state index in [1.54, 1.807) is 17.2 Å². The van der Waals surface area contributed by atoms with E-state index in [9.17, 15) is 14.9 Å². The van der Waals surface area contributed by atoms with Crippen molar-refractivity contribution in [3.63, 3.8) is 0 Å². The fourth-order valence-corrected chi connectivity index (χ4v) is 1.64. The highest BCUT2D eigenvalue weighted by atomic mass is 16.6. The number of nitro groups is 1. The van der Waals surface area contributed by atoms with Crippen LogP contribution < -0.4 is 5.63 Å². The number of rotatable bonds is 3. The predicted octanol–water partition coefficient (Wildman–Crippen LogP) is 2.23. The summed E-state index contributed by atoms with van der Waals surface area (Å²) >= 11 is 0. The molecule has 2 aromatic rings. The molecule has 0 aliphatic rings. The van der Waals surface area contributed by atoms with Crippen molar-refractivity contribution < 1.29 is 9.34 Å². The van der Waals surface area contributed by atoms with Gasteiger partial charge in [0.25, 0.3) is 5.69 Å². The summed E-state index contributed by atoms with van der Waals surface area (Å²) in [6.07, 6.45) is 3.29. The highest BCUT2D eigenvalue weighted by Crippen LogP contribution is 2.26. The number of nitro benzene ring substituents is 1. The molecule has 0 N–H and O–H groups in total. The monoisotopic (exact) mass is 260 g/mol. The summed E-state index contributed by atoms with van der Waals surface area (Å²) in [5.74, 6) is 0. The first-order valence-electron chi connectivity index (χ1n) is 5.54. The van der Waals surface area contributed by atoms with Crippen LogP contribution in [0.3, 0.4) is 0 Å². The van der Waals surface area contributed by atoms with E-state index in [-0.39, 0.29) is 5.69 Å². The summed E-state index contributed by atoms with van der Waals surface area (Å²) in [5, 5.41) is 11.6. The Morgan fingerprint density at radius 2 is 2.05 bits per heavy atom. The van der Waals surface area contributed by atoms with Crippen molar-refractivity contribution in [2.24, 2.45) is 0 Å². The van der Waals surface area contributed by atoms with Crippen LogP contribution in [0.2, 0.25) is 0 Å².